The highest BCUT2D eigenvalue weighted by atomic mass is 16.5. The number of aliphatic hydroxyl groups excluding tert-OH is 2. The van der Waals surface area contributed by atoms with Crippen molar-refractivity contribution in [1.82, 2.24) is 4.90 Å². The molecular formula is C27H29N3O9. The number of rotatable bonds is 5. The number of aliphatic hydroxyl groups is 3. The zero-order valence-electron chi connectivity index (χ0n) is 21.8. The number of phenols is 1. The third-order valence-corrected chi connectivity index (χ3v) is 7.84. The second-order valence-corrected chi connectivity index (χ2v) is 10.0. The molecule has 0 saturated carbocycles. The average molecular weight is 540 g/mol. The first kappa shape index (κ1) is 27.8. The molecule has 1 aromatic rings. The molecule has 0 aromatic heterocycles. The minimum absolute atomic E-state index is 0.0329. The standard InChI is InChI=1S/C27H29N3O9/c1-6-13(31)39-23-14-10(3)11-8-9-12(29-7-2)20(32)15(11)21(33)16(14)24(35)27(38)18(23)19(30(4)5)22(34)17(25(27)36)26(28)37/h8-10,14,18-19,23,32,34-35,38H,2,6H2,1,3-5H3,(H2,28,37). The maximum absolute atomic E-state index is 13.9. The van der Waals surface area contributed by atoms with E-state index >= 15 is 0 Å². The van der Waals surface area contributed by atoms with Gasteiger partial charge >= 0.3 is 5.97 Å². The van der Waals surface area contributed by atoms with E-state index in [0.29, 0.717) is 5.56 Å². The summed E-state index contributed by atoms with van der Waals surface area (Å²) in [7, 11) is 2.96. The summed E-state index contributed by atoms with van der Waals surface area (Å²) in [5.74, 6) is -7.99. The maximum atomic E-state index is 13.9. The van der Waals surface area contributed by atoms with Gasteiger partial charge in [0.25, 0.3) is 5.91 Å². The van der Waals surface area contributed by atoms with Gasteiger partial charge in [0.2, 0.25) is 5.78 Å². The Morgan fingerprint density at radius 3 is 2.41 bits per heavy atom. The molecule has 1 aromatic carbocycles. The lowest BCUT2D eigenvalue weighted by atomic mass is 9.55. The predicted octanol–water partition coefficient (Wildman–Crippen LogP) is 1.10. The Morgan fingerprint density at radius 1 is 1.23 bits per heavy atom. The van der Waals surface area contributed by atoms with Gasteiger partial charge in [-0.2, -0.15) is 0 Å². The molecule has 3 aliphatic rings. The van der Waals surface area contributed by atoms with Crippen LogP contribution in [0.25, 0.3) is 0 Å². The Morgan fingerprint density at radius 2 is 1.87 bits per heavy atom. The SMILES string of the molecule is C=C=Nc1ccc2c(c1O)C(=O)C1=C(O)C3(O)C(=O)C(C(N)=O)=C(O)C(N(C)C)C3C(OC(=O)CC)C1C2C. The largest absolute Gasteiger partial charge is 0.510 e. The molecule has 0 aliphatic heterocycles. The van der Waals surface area contributed by atoms with Crippen molar-refractivity contribution in [3.8, 4) is 5.75 Å². The van der Waals surface area contributed by atoms with Crippen LogP contribution in [0.4, 0.5) is 5.69 Å². The van der Waals surface area contributed by atoms with Crippen LogP contribution in [-0.2, 0) is 19.1 Å². The third-order valence-electron chi connectivity index (χ3n) is 7.84. The molecule has 206 valence electrons. The van der Waals surface area contributed by atoms with E-state index in [2.05, 4.69) is 17.4 Å². The number of ether oxygens (including phenoxy) is 1. The number of carbonyl (C=O) groups excluding carboxylic acids is 4. The first-order valence-electron chi connectivity index (χ1n) is 12.2. The smallest absolute Gasteiger partial charge is 0.305 e. The summed E-state index contributed by atoms with van der Waals surface area (Å²) in [6.07, 6.45) is -1.54. The van der Waals surface area contributed by atoms with Crippen LogP contribution in [-0.4, -0.2) is 86.5 Å². The highest BCUT2D eigenvalue weighted by Crippen LogP contribution is 2.57. The van der Waals surface area contributed by atoms with Crippen LogP contribution in [0.15, 0.2) is 46.4 Å². The number of aromatic hydroxyl groups is 1. The molecule has 0 fully saturated rings. The van der Waals surface area contributed by atoms with Crippen molar-refractivity contribution < 1.29 is 44.3 Å². The average Bonchev–Trinajstić information content (AvgIpc) is 2.86. The van der Waals surface area contributed by atoms with Crippen molar-refractivity contribution in [2.24, 2.45) is 22.6 Å². The number of hydrogen-bond acceptors (Lipinski definition) is 11. The molecule has 0 radical (unpaired) electrons. The third kappa shape index (κ3) is 3.71. The highest BCUT2D eigenvalue weighted by molar-refractivity contribution is 6.25. The lowest BCUT2D eigenvalue weighted by Crippen LogP contribution is -2.69. The first-order valence-corrected chi connectivity index (χ1v) is 12.2. The van der Waals surface area contributed by atoms with E-state index in [4.69, 9.17) is 10.5 Å². The zero-order valence-corrected chi connectivity index (χ0v) is 21.8. The van der Waals surface area contributed by atoms with Crippen molar-refractivity contribution in [3.05, 3.63) is 52.5 Å². The number of aliphatic imine (C=N–C) groups is 1. The number of esters is 1. The second kappa shape index (κ2) is 9.49. The summed E-state index contributed by atoms with van der Waals surface area (Å²) in [6.45, 7) is 6.54. The van der Waals surface area contributed by atoms with Crippen LogP contribution in [0.3, 0.4) is 0 Å². The highest BCUT2D eigenvalue weighted by Gasteiger charge is 2.68. The number of phenolic OH excluding ortho intramolecular Hbond substituents is 1. The summed E-state index contributed by atoms with van der Waals surface area (Å²) >= 11 is 0. The normalized spacial score (nSPS) is 29.8. The number of fused-ring (bicyclic) bond motifs is 3. The number of likely N-dealkylation sites (N-methyl/N-ethyl adjacent to an activating group) is 1. The first-order chi connectivity index (χ1) is 18.2. The van der Waals surface area contributed by atoms with Gasteiger partial charge in [-0.15, -0.1) is 0 Å². The predicted molar refractivity (Wildman–Crippen MR) is 137 cm³/mol. The molecule has 0 heterocycles. The quantitative estimate of drug-likeness (QED) is 0.205. The maximum Gasteiger partial charge on any atom is 0.305 e. The Balaban J connectivity index is 2.12. The van der Waals surface area contributed by atoms with Gasteiger partial charge in [0.15, 0.2) is 17.1 Å². The number of hydrogen-bond donors (Lipinski definition) is 5. The molecule has 6 unspecified atom stereocenters. The summed E-state index contributed by atoms with van der Waals surface area (Å²) < 4.78 is 5.77. The van der Waals surface area contributed by atoms with Gasteiger partial charge in [-0.25, -0.2) is 4.99 Å². The number of primary amides is 1. The summed E-state index contributed by atoms with van der Waals surface area (Å²) in [6, 6.07) is 1.64. The fourth-order valence-electron chi connectivity index (χ4n) is 6.13. The second-order valence-electron chi connectivity index (χ2n) is 10.0. The number of Topliss-reactive ketones (excluding diaryl/α,β-unsaturated/α-hetero) is 2. The van der Waals surface area contributed by atoms with E-state index in [1.165, 1.54) is 32.0 Å². The lowest BCUT2D eigenvalue weighted by molar-refractivity contribution is -0.180. The molecule has 6 atom stereocenters. The Hall–Kier alpha value is -4.25. The van der Waals surface area contributed by atoms with Gasteiger partial charge in [-0.3, -0.25) is 24.1 Å². The molecule has 12 heteroatoms. The molecule has 12 nitrogen and oxygen atoms in total. The number of benzene rings is 1. The van der Waals surface area contributed by atoms with Crippen LogP contribution in [0, 0.1) is 11.8 Å². The van der Waals surface area contributed by atoms with E-state index in [1.54, 1.807) is 13.0 Å². The van der Waals surface area contributed by atoms with E-state index in [1.807, 2.05) is 0 Å². The van der Waals surface area contributed by atoms with Crippen molar-refractivity contribution in [1.29, 1.82) is 0 Å². The Bertz CT molecular complexity index is 1440. The fourth-order valence-corrected chi connectivity index (χ4v) is 6.13. The van der Waals surface area contributed by atoms with E-state index in [9.17, 15) is 39.6 Å². The number of nitrogens with two attached hydrogens (primary N) is 1. The molecule has 0 saturated heterocycles. The Kier molecular flexibility index (Phi) is 6.76. The Labute approximate surface area is 223 Å². The van der Waals surface area contributed by atoms with Gasteiger partial charge in [-0.1, -0.05) is 19.9 Å². The van der Waals surface area contributed by atoms with E-state index in [0.717, 1.165) is 0 Å². The monoisotopic (exact) mass is 539 g/mol. The minimum atomic E-state index is -2.99. The summed E-state index contributed by atoms with van der Waals surface area (Å²) in [4.78, 5) is 57.6. The molecule has 39 heavy (non-hydrogen) atoms. The molecule has 4 rings (SSSR count). The molecular weight excluding hydrogens is 510 g/mol. The van der Waals surface area contributed by atoms with Crippen LogP contribution >= 0.6 is 0 Å². The number of ketones is 2. The summed E-state index contributed by atoms with van der Waals surface area (Å²) in [5, 5.41) is 45.4. The van der Waals surface area contributed by atoms with Gasteiger partial charge in [0.05, 0.1) is 17.5 Å². The van der Waals surface area contributed by atoms with Crippen LogP contribution < -0.4 is 5.73 Å². The van der Waals surface area contributed by atoms with Gasteiger partial charge < -0.3 is 30.9 Å². The van der Waals surface area contributed by atoms with Gasteiger partial charge in [0.1, 0.15) is 28.9 Å². The number of amides is 1. The van der Waals surface area contributed by atoms with Crippen molar-refractivity contribution in [2.75, 3.05) is 14.1 Å². The molecule has 1 amide bonds. The minimum Gasteiger partial charge on any atom is -0.510 e. The molecule has 0 spiro atoms. The van der Waals surface area contributed by atoms with Crippen molar-refractivity contribution >= 4 is 35.0 Å². The van der Waals surface area contributed by atoms with Crippen molar-refractivity contribution in [3.63, 3.8) is 0 Å². The van der Waals surface area contributed by atoms with Gasteiger partial charge in [0, 0.05) is 17.9 Å². The fraction of sp³-hybridized carbons (Fsp3) is 0.407. The number of carbonyl (C=O) groups is 4. The molecule has 3 aliphatic carbocycles. The molecule has 0 bridgehead atoms. The van der Waals surface area contributed by atoms with Crippen molar-refractivity contribution in [2.45, 2.75) is 43.9 Å². The van der Waals surface area contributed by atoms with Crippen LogP contribution in [0.5, 0.6) is 5.75 Å². The molecule has 6 N–H and O–H groups in total. The van der Waals surface area contributed by atoms with Crippen LogP contribution in [0.2, 0.25) is 0 Å². The van der Waals surface area contributed by atoms with E-state index < -0.39 is 87.4 Å². The topological polar surface area (TPSA) is 200 Å². The number of nitrogens with zero attached hydrogens (tertiary/aromatic N) is 2. The zero-order chi connectivity index (χ0) is 29.1. The lowest BCUT2D eigenvalue weighted by Gasteiger charge is -2.54. The van der Waals surface area contributed by atoms with Crippen LogP contribution in [0.1, 0.15) is 42.1 Å². The summed E-state index contributed by atoms with van der Waals surface area (Å²) in [5.41, 5.74) is 1.02. The van der Waals surface area contributed by atoms with Gasteiger partial charge in [-0.05, 0) is 44.1 Å². The van der Waals surface area contributed by atoms with E-state index in [-0.39, 0.29) is 17.7 Å².